The highest BCUT2D eigenvalue weighted by atomic mass is 35.5. The molecule has 4 heteroatoms. The fourth-order valence-corrected chi connectivity index (χ4v) is 0.923. The summed E-state index contributed by atoms with van der Waals surface area (Å²) in [5.74, 6) is -0.169. The number of H-pyrrole nitrogens is 1. The molecule has 1 N–H and O–H groups in total. The molecular formula is C7H6ClNO2. The van der Waals surface area contributed by atoms with Crippen LogP contribution in [0.3, 0.4) is 0 Å². The molecule has 0 aromatic carbocycles. The van der Waals surface area contributed by atoms with Crippen LogP contribution in [-0.2, 0) is 0 Å². The molecule has 0 amide bonds. The van der Waals surface area contributed by atoms with Gasteiger partial charge in [0.15, 0.2) is 5.78 Å². The van der Waals surface area contributed by atoms with Gasteiger partial charge in [0.2, 0.25) is 5.56 Å². The minimum atomic E-state index is -0.359. The first-order valence-electron chi connectivity index (χ1n) is 3.00. The van der Waals surface area contributed by atoms with Crippen LogP contribution in [0.5, 0.6) is 0 Å². The number of halogens is 1. The van der Waals surface area contributed by atoms with E-state index in [0.29, 0.717) is 5.56 Å². The number of Topliss-reactive ketones (excluding diaryl/α,β-unsaturated/α-hetero) is 1. The van der Waals surface area contributed by atoms with Crippen molar-refractivity contribution in [2.75, 3.05) is 0 Å². The summed E-state index contributed by atoms with van der Waals surface area (Å²) in [5.41, 5.74) is -0.0264. The molecule has 1 aromatic rings. The minimum Gasteiger partial charge on any atom is -0.313 e. The van der Waals surface area contributed by atoms with Gasteiger partial charge in [0.1, 0.15) is 5.15 Å². The zero-order valence-electron chi connectivity index (χ0n) is 5.85. The van der Waals surface area contributed by atoms with E-state index in [1.807, 2.05) is 0 Å². The van der Waals surface area contributed by atoms with E-state index in [1.54, 1.807) is 0 Å². The Hall–Kier alpha value is -1.09. The largest absolute Gasteiger partial charge is 0.313 e. The van der Waals surface area contributed by atoms with Gasteiger partial charge in [-0.25, -0.2) is 0 Å². The molecule has 0 saturated carbocycles. The van der Waals surface area contributed by atoms with E-state index in [-0.39, 0.29) is 16.5 Å². The summed E-state index contributed by atoms with van der Waals surface area (Å²) in [4.78, 5) is 23.8. The molecule has 0 spiro atoms. The monoisotopic (exact) mass is 171 g/mol. The molecule has 0 fully saturated rings. The second kappa shape index (κ2) is 2.88. The standard InChI is InChI=1S/C7H6ClNO2/c1-4(10)5-2-6(8)9-7(11)3-5/h2-3H,1H3,(H,9,11). The van der Waals surface area contributed by atoms with Crippen molar-refractivity contribution in [1.82, 2.24) is 4.98 Å². The van der Waals surface area contributed by atoms with Crippen LogP contribution in [0.2, 0.25) is 5.15 Å². The average molecular weight is 172 g/mol. The molecule has 0 saturated heterocycles. The SMILES string of the molecule is CC(=O)c1cc(Cl)[nH]c(=O)c1. The van der Waals surface area contributed by atoms with Crippen LogP contribution in [0.1, 0.15) is 17.3 Å². The molecule has 0 unspecified atom stereocenters. The van der Waals surface area contributed by atoms with Crippen LogP contribution in [0.4, 0.5) is 0 Å². The Morgan fingerprint density at radius 1 is 1.55 bits per heavy atom. The Labute approximate surface area is 68.0 Å². The van der Waals surface area contributed by atoms with Gasteiger partial charge >= 0.3 is 0 Å². The van der Waals surface area contributed by atoms with Gasteiger partial charge < -0.3 is 4.98 Å². The summed E-state index contributed by atoms with van der Waals surface area (Å²) in [7, 11) is 0. The third-order valence-corrected chi connectivity index (χ3v) is 1.42. The number of hydrogen-bond acceptors (Lipinski definition) is 2. The highest BCUT2D eigenvalue weighted by molar-refractivity contribution is 6.29. The Kier molecular flexibility index (Phi) is 2.10. The summed E-state index contributed by atoms with van der Waals surface area (Å²) < 4.78 is 0. The molecule has 0 bridgehead atoms. The Morgan fingerprint density at radius 3 is 2.64 bits per heavy atom. The number of rotatable bonds is 1. The first-order valence-corrected chi connectivity index (χ1v) is 3.38. The summed E-state index contributed by atoms with van der Waals surface area (Å²) in [6.45, 7) is 1.38. The smallest absolute Gasteiger partial charge is 0.249 e. The van der Waals surface area contributed by atoms with Gasteiger partial charge in [-0.15, -0.1) is 0 Å². The van der Waals surface area contributed by atoms with E-state index in [4.69, 9.17) is 11.6 Å². The second-order valence-electron chi connectivity index (χ2n) is 2.14. The van der Waals surface area contributed by atoms with E-state index in [9.17, 15) is 9.59 Å². The normalized spacial score (nSPS) is 9.64. The van der Waals surface area contributed by atoms with Gasteiger partial charge in [-0.1, -0.05) is 11.6 Å². The lowest BCUT2D eigenvalue weighted by atomic mass is 10.2. The lowest BCUT2D eigenvalue weighted by Gasteiger charge is -1.93. The second-order valence-corrected chi connectivity index (χ2v) is 2.54. The van der Waals surface area contributed by atoms with Gasteiger partial charge in [0, 0.05) is 11.6 Å². The Morgan fingerprint density at radius 2 is 2.18 bits per heavy atom. The number of ketones is 1. The molecule has 3 nitrogen and oxygen atoms in total. The topological polar surface area (TPSA) is 49.9 Å². The predicted molar refractivity (Wildman–Crippen MR) is 42.1 cm³/mol. The van der Waals surface area contributed by atoms with Crippen LogP contribution in [-0.4, -0.2) is 10.8 Å². The summed E-state index contributed by atoms with van der Waals surface area (Å²) >= 11 is 5.49. The van der Waals surface area contributed by atoms with Crippen molar-refractivity contribution in [2.45, 2.75) is 6.92 Å². The van der Waals surface area contributed by atoms with Crippen LogP contribution in [0.15, 0.2) is 16.9 Å². The van der Waals surface area contributed by atoms with E-state index >= 15 is 0 Å². The molecule has 0 aliphatic carbocycles. The number of hydrogen-bond donors (Lipinski definition) is 1. The lowest BCUT2D eigenvalue weighted by molar-refractivity contribution is 0.101. The number of pyridine rings is 1. The van der Waals surface area contributed by atoms with Crippen molar-refractivity contribution in [3.8, 4) is 0 Å². The molecule has 1 rings (SSSR count). The average Bonchev–Trinajstić information content (AvgIpc) is 1.85. The van der Waals surface area contributed by atoms with Gasteiger partial charge in [0.05, 0.1) is 0 Å². The molecule has 1 heterocycles. The first-order chi connectivity index (χ1) is 5.09. The van der Waals surface area contributed by atoms with Crippen molar-refractivity contribution >= 4 is 17.4 Å². The maximum absolute atomic E-state index is 10.7. The third kappa shape index (κ3) is 1.91. The fourth-order valence-electron chi connectivity index (χ4n) is 0.713. The van der Waals surface area contributed by atoms with Crippen molar-refractivity contribution in [3.63, 3.8) is 0 Å². The molecule has 0 aliphatic heterocycles. The molecule has 0 aliphatic rings. The molecule has 0 atom stereocenters. The van der Waals surface area contributed by atoms with E-state index in [1.165, 1.54) is 19.1 Å². The van der Waals surface area contributed by atoms with Crippen LogP contribution in [0, 0.1) is 0 Å². The Balaban J connectivity index is 3.30. The highest BCUT2D eigenvalue weighted by Gasteiger charge is 2.00. The molecule has 1 aromatic heterocycles. The van der Waals surface area contributed by atoms with Crippen molar-refractivity contribution in [3.05, 3.63) is 33.2 Å². The van der Waals surface area contributed by atoms with Crippen LogP contribution in [0.25, 0.3) is 0 Å². The van der Waals surface area contributed by atoms with E-state index < -0.39 is 0 Å². The quantitative estimate of drug-likeness (QED) is 0.511. The molecular weight excluding hydrogens is 166 g/mol. The number of aromatic amines is 1. The van der Waals surface area contributed by atoms with Gasteiger partial charge in [-0.05, 0) is 13.0 Å². The van der Waals surface area contributed by atoms with Crippen LogP contribution >= 0.6 is 11.6 Å². The molecule has 11 heavy (non-hydrogen) atoms. The van der Waals surface area contributed by atoms with E-state index in [2.05, 4.69) is 4.98 Å². The summed E-state index contributed by atoms with van der Waals surface area (Å²) in [6, 6.07) is 2.64. The van der Waals surface area contributed by atoms with Gasteiger partial charge in [-0.2, -0.15) is 0 Å². The third-order valence-electron chi connectivity index (χ3n) is 1.22. The van der Waals surface area contributed by atoms with Gasteiger partial charge in [0.25, 0.3) is 0 Å². The number of nitrogens with one attached hydrogen (secondary N) is 1. The lowest BCUT2D eigenvalue weighted by Crippen LogP contribution is -2.07. The van der Waals surface area contributed by atoms with Crippen LogP contribution < -0.4 is 5.56 Å². The summed E-state index contributed by atoms with van der Waals surface area (Å²) in [6.07, 6.45) is 0. The van der Waals surface area contributed by atoms with Crippen molar-refractivity contribution in [1.29, 1.82) is 0 Å². The number of carbonyl (C=O) groups is 1. The summed E-state index contributed by atoms with van der Waals surface area (Å²) in [5, 5.41) is 0.183. The highest BCUT2D eigenvalue weighted by Crippen LogP contribution is 2.04. The predicted octanol–water partition coefficient (Wildman–Crippen LogP) is 1.23. The molecule has 0 radical (unpaired) electrons. The zero-order chi connectivity index (χ0) is 8.43. The Bertz CT molecular complexity index is 343. The number of aromatic nitrogens is 1. The number of carbonyl (C=O) groups excluding carboxylic acids is 1. The maximum atomic E-state index is 10.7. The maximum Gasteiger partial charge on any atom is 0.249 e. The first kappa shape index (κ1) is 8.01. The van der Waals surface area contributed by atoms with Crippen molar-refractivity contribution in [2.24, 2.45) is 0 Å². The molecule has 58 valence electrons. The minimum absolute atomic E-state index is 0.169. The fraction of sp³-hybridized carbons (Fsp3) is 0.143. The zero-order valence-corrected chi connectivity index (χ0v) is 6.61. The van der Waals surface area contributed by atoms with Crippen molar-refractivity contribution < 1.29 is 4.79 Å². The van der Waals surface area contributed by atoms with E-state index in [0.717, 1.165) is 0 Å². The van der Waals surface area contributed by atoms with Gasteiger partial charge in [-0.3, -0.25) is 9.59 Å².